The van der Waals surface area contributed by atoms with Gasteiger partial charge in [0.05, 0.1) is 47.3 Å². The molecule has 3 rings (SSSR count). The van der Waals surface area contributed by atoms with E-state index in [9.17, 15) is 4.79 Å². The van der Waals surface area contributed by atoms with E-state index < -0.39 is 0 Å². The molecule has 0 aliphatic rings. The second kappa shape index (κ2) is 8.26. The molecule has 2 heterocycles. The minimum absolute atomic E-state index is 0.0405. The van der Waals surface area contributed by atoms with Gasteiger partial charge in [0.25, 0.3) is 0 Å². The third kappa shape index (κ3) is 4.90. The third-order valence-electron chi connectivity index (χ3n) is 3.73. The maximum absolute atomic E-state index is 12.0. The van der Waals surface area contributed by atoms with E-state index in [1.165, 1.54) is 34.6 Å². The van der Waals surface area contributed by atoms with Gasteiger partial charge in [-0.15, -0.1) is 11.8 Å². The fourth-order valence-electron chi connectivity index (χ4n) is 2.29. The number of nitrogens with one attached hydrogen (secondary N) is 1. The van der Waals surface area contributed by atoms with Crippen molar-refractivity contribution in [3.05, 3.63) is 59.2 Å². The number of benzene rings is 1. The van der Waals surface area contributed by atoms with E-state index in [0.717, 1.165) is 11.4 Å². The number of hydrogen-bond acceptors (Lipinski definition) is 6. The highest BCUT2D eigenvalue weighted by molar-refractivity contribution is 7.99. The Morgan fingerprint density at radius 3 is 2.88 bits per heavy atom. The summed E-state index contributed by atoms with van der Waals surface area (Å²) in [6.07, 6.45) is 3.53. The Morgan fingerprint density at radius 1 is 1.28 bits per heavy atom. The van der Waals surface area contributed by atoms with Gasteiger partial charge in [-0.05, 0) is 25.0 Å². The summed E-state index contributed by atoms with van der Waals surface area (Å²) >= 11 is 2.74. The monoisotopic (exact) mass is 373 g/mol. The van der Waals surface area contributed by atoms with Crippen LogP contribution >= 0.6 is 23.5 Å². The van der Waals surface area contributed by atoms with Gasteiger partial charge in [-0.2, -0.15) is 13.8 Å². The van der Waals surface area contributed by atoms with Crippen molar-refractivity contribution in [3.63, 3.8) is 0 Å². The average molecular weight is 374 g/mol. The van der Waals surface area contributed by atoms with Crippen LogP contribution in [0.2, 0.25) is 0 Å². The standard InChI is InChI=1S/C17H19N5OS2/c1-12-5-3-4-6-14(12)8-22-9-15(7-18-22)19-17(23)11-24-10-16-13(2)20-25-21-16/h3-7,9H,8,10-11H2,1-2H3,(H,19,23). The number of nitrogens with zero attached hydrogens (tertiary/aromatic N) is 4. The van der Waals surface area contributed by atoms with Gasteiger partial charge in [-0.3, -0.25) is 9.48 Å². The Balaban J connectivity index is 1.48. The molecule has 25 heavy (non-hydrogen) atoms. The Hall–Kier alpha value is -2.19. The van der Waals surface area contributed by atoms with E-state index in [0.29, 0.717) is 23.7 Å². The van der Waals surface area contributed by atoms with Crippen molar-refractivity contribution in [2.24, 2.45) is 0 Å². The van der Waals surface area contributed by atoms with Crippen LogP contribution in [0.3, 0.4) is 0 Å². The highest BCUT2D eigenvalue weighted by Crippen LogP contribution is 2.15. The van der Waals surface area contributed by atoms with Crippen molar-refractivity contribution in [3.8, 4) is 0 Å². The Morgan fingerprint density at radius 2 is 2.12 bits per heavy atom. The van der Waals surface area contributed by atoms with E-state index in [4.69, 9.17) is 0 Å². The van der Waals surface area contributed by atoms with E-state index in [1.54, 1.807) is 6.20 Å². The van der Waals surface area contributed by atoms with Crippen LogP contribution in [-0.2, 0) is 17.1 Å². The molecule has 0 fully saturated rings. The van der Waals surface area contributed by atoms with E-state index in [1.807, 2.05) is 29.9 Å². The molecule has 0 saturated heterocycles. The maximum atomic E-state index is 12.0. The lowest BCUT2D eigenvalue weighted by Crippen LogP contribution is -2.13. The van der Waals surface area contributed by atoms with E-state index in [2.05, 4.69) is 38.2 Å². The van der Waals surface area contributed by atoms with Crippen molar-refractivity contribution in [2.45, 2.75) is 26.1 Å². The molecule has 0 radical (unpaired) electrons. The van der Waals surface area contributed by atoms with Crippen LogP contribution in [0.5, 0.6) is 0 Å². The van der Waals surface area contributed by atoms with Crippen LogP contribution in [0.4, 0.5) is 5.69 Å². The molecule has 8 heteroatoms. The first-order valence-electron chi connectivity index (χ1n) is 7.84. The highest BCUT2D eigenvalue weighted by atomic mass is 32.2. The van der Waals surface area contributed by atoms with Gasteiger partial charge < -0.3 is 5.32 Å². The second-order valence-corrected chi connectivity index (χ2v) is 7.20. The van der Waals surface area contributed by atoms with Crippen molar-refractivity contribution in [1.82, 2.24) is 18.5 Å². The normalized spacial score (nSPS) is 10.8. The summed E-state index contributed by atoms with van der Waals surface area (Å²) in [6, 6.07) is 8.21. The van der Waals surface area contributed by atoms with E-state index in [-0.39, 0.29) is 5.91 Å². The molecular weight excluding hydrogens is 354 g/mol. The molecule has 0 bridgehead atoms. The lowest BCUT2D eigenvalue weighted by atomic mass is 10.1. The molecule has 0 aliphatic carbocycles. The highest BCUT2D eigenvalue weighted by Gasteiger charge is 2.08. The summed E-state index contributed by atoms with van der Waals surface area (Å²) in [4.78, 5) is 12.0. The summed E-state index contributed by atoms with van der Waals surface area (Å²) < 4.78 is 10.2. The third-order valence-corrected chi connectivity index (χ3v) is 5.33. The molecule has 0 spiro atoms. The molecule has 1 N–H and O–H groups in total. The molecule has 3 aromatic rings. The molecule has 1 aromatic carbocycles. The van der Waals surface area contributed by atoms with Gasteiger partial charge in [-0.25, -0.2) is 0 Å². The Labute approximate surface area is 155 Å². The van der Waals surface area contributed by atoms with Crippen LogP contribution < -0.4 is 5.32 Å². The van der Waals surface area contributed by atoms with Crippen LogP contribution in [0.1, 0.15) is 22.5 Å². The van der Waals surface area contributed by atoms with Crippen molar-refractivity contribution in [1.29, 1.82) is 0 Å². The number of carbonyl (C=O) groups is 1. The number of anilines is 1. The van der Waals surface area contributed by atoms with Gasteiger partial charge in [0.2, 0.25) is 5.91 Å². The summed E-state index contributed by atoms with van der Waals surface area (Å²) in [5.41, 5.74) is 5.05. The largest absolute Gasteiger partial charge is 0.323 e. The Bertz CT molecular complexity index is 858. The first-order chi connectivity index (χ1) is 12.1. The average Bonchev–Trinajstić information content (AvgIpc) is 3.19. The molecule has 2 aromatic heterocycles. The molecule has 0 unspecified atom stereocenters. The smallest absolute Gasteiger partial charge is 0.234 e. The first-order valence-corrected chi connectivity index (χ1v) is 9.73. The number of carbonyl (C=O) groups excluding carboxylic acids is 1. The number of rotatable bonds is 7. The quantitative estimate of drug-likeness (QED) is 0.688. The van der Waals surface area contributed by atoms with Crippen molar-refractivity contribution in [2.75, 3.05) is 11.1 Å². The topological polar surface area (TPSA) is 72.7 Å². The molecule has 1 amide bonds. The fraction of sp³-hybridized carbons (Fsp3) is 0.294. The van der Waals surface area contributed by atoms with Crippen molar-refractivity contribution >= 4 is 35.1 Å². The summed E-state index contributed by atoms with van der Waals surface area (Å²) in [5.74, 6) is 1.03. The predicted octanol–water partition coefficient (Wildman–Crippen LogP) is 3.27. The Kier molecular flexibility index (Phi) is 5.83. The van der Waals surface area contributed by atoms with E-state index >= 15 is 0 Å². The van der Waals surface area contributed by atoms with Crippen molar-refractivity contribution < 1.29 is 4.79 Å². The molecular formula is C17H19N5OS2. The number of aromatic nitrogens is 4. The summed E-state index contributed by atoms with van der Waals surface area (Å²) in [5, 5.41) is 7.20. The van der Waals surface area contributed by atoms with Crippen LogP contribution in [0.25, 0.3) is 0 Å². The lowest BCUT2D eigenvalue weighted by Gasteiger charge is -2.05. The SMILES string of the molecule is Cc1ccccc1Cn1cc(NC(=O)CSCc2nsnc2C)cn1. The molecule has 130 valence electrons. The molecule has 0 aliphatic heterocycles. The number of hydrogen-bond donors (Lipinski definition) is 1. The molecule has 6 nitrogen and oxygen atoms in total. The zero-order valence-corrected chi connectivity index (χ0v) is 15.7. The minimum atomic E-state index is -0.0405. The van der Waals surface area contributed by atoms with Crippen LogP contribution in [0.15, 0.2) is 36.7 Å². The van der Waals surface area contributed by atoms with Crippen LogP contribution in [0, 0.1) is 13.8 Å². The zero-order chi connectivity index (χ0) is 17.6. The van der Waals surface area contributed by atoms with Gasteiger partial charge >= 0.3 is 0 Å². The number of thioether (sulfide) groups is 1. The van der Waals surface area contributed by atoms with Gasteiger partial charge in [0, 0.05) is 11.9 Å². The summed E-state index contributed by atoms with van der Waals surface area (Å²) in [7, 11) is 0. The van der Waals surface area contributed by atoms with Gasteiger partial charge in [0.15, 0.2) is 0 Å². The fourth-order valence-corrected chi connectivity index (χ4v) is 3.77. The zero-order valence-electron chi connectivity index (χ0n) is 14.1. The number of amides is 1. The molecule has 0 atom stereocenters. The first kappa shape index (κ1) is 17.6. The lowest BCUT2D eigenvalue weighted by molar-refractivity contribution is -0.113. The number of aryl methyl sites for hydroxylation is 2. The van der Waals surface area contributed by atoms with Gasteiger partial charge in [-0.1, -0.05) is 24.3 Å². The van der Waals surface area contributed by atoms with Gasteiger partial charge in [0.1, 0.15) is 0 Å². The molecule has 0 saturated carbocycles. The van der Waals surface area contributed by atoms with Crippen LogP contribution in [-0.4, -0.2) is 30.2 Å². The predicted molar refractivity (Wildman–Crippen MR) is 102 cm³/mol. The summed E-state index contributed by atoms with van der Waals surface area (Å²) in [6.45, 7) is 4.70. The second-order valence-electron chi connectivity index (χ2n) is 5.69. The minimum Gasteiger partial charge on any atom is -0.323 e. The maximum Gasteiger partial charge on any atom is 0.234 e.